The maximum Gasteiger partial charge on any atom is 0.330 e. The Balaban J connectivity index is 3.24. The van der Waals surface area contributed by atoms with Crippen molar-refractivity contribution in [2.45, 2.75) is 123 Å². The predicted octanol–water partition coefficient (Wildman–Crippen LogP) is 7.76. The molecule has 0 aliphatic rings. The number of carbonyl (C=O) groups is 1. The van der Waals surface area contributed by atoms with E-state index in [2.05, 4.69) is 13.8 Å². The molecule has 0 atom stereocenters. The van der Waals surface area contributed by atoms with Gasteiger partial charge in [-0.15, -0.1) is 0 Å². The van der Waals surface area contributed by atoms with Crippen molar-refractivity contribution in [2.24, 2.45) is 0 Å². The number of carbonyl (C=O) groups excluding carboxylic acids is 1. The van der Waals surface area contributed by atoms with Gasteiger partial charge in [0.05, 0.1) is 6.61 Å². The fourth-order valence-corrected chi connectivity index (χ4v) is 3.03. The second kappa shape index (κ2) is 21.3. The van der Waals surface area contributed by atoms with E-state index in [-0.39, 0.29) is 5.97 Å². The maximum absolute atomic E-state index is 11.6. The molecule has 0 aliphatic heterocycles. The Labute approximate surface area is 157 Å². The summed E-state index contributed by atoms with van der Waals surface area (Å²) < 4.78 is 5.25. The largest absolute Gasteiger partial charge is 0.463 e. The Kier molecular flexibility index (Phi) is 20.6. The highest BCUT2D eigenvalue weighted by Gasteiger charge is 1.97. The molecule has 0 bridgehead atoms. The monoisotopic (exact) mass is 352 g/mol. The van der Waals surface area contributed by atoms with Crippen molar-refractivity contribution < 1.29 is 9.53 Å². The molecule has 0 radical (unpaired) electrons. The first kappa shape index (κ1) is 24.2. The van der Waals surface area contributed by atoms with E-state index in [4.69, 9.17) is 4.74 Å². The van der Waals surface area contributed by atoms with Gasteiger partial charge in [-0.05, 0) is 19.3 Å². The number of allylic oxidation sites excluding steroid dienone is 1. The topological polar surface area (TPSA) is 26.3 Å². The zero-order chi connectivity index (χ0) is 18.4. The number of unbranched alkanes of at least 4 members (excludes halogenated alkanes) is 15. The number of ether oxygens (including phenoxy) is 1. The molecule has 0 aromatic heterocycles. The van der Waals surface area contributed by atoms with E-state index in [1.54, 1.807) is 6.08 Å². The minimum atomic E-state index is -0.164. The van der Waals surface area contributed by atoms with Crippen molar-refractivity contribution in [2.75, 3.05) is 6.61 Å². The maximum atomic E-state index is 11.6. The van der Waals surface area contributed by atoms with Gasteiger partial charge in [0.25, 0.3) is 0 Å². The summed E-state index contributed by atoms with van der Waals surface area (Å²) in [5, 5.41) is 0. The van der Waals surface area contributed by atoms with Crippen LogP contribution < -0.4 is 0 Å². The van der Waals surface area contributed by atoms with Gasteiger partial charge >= 0.3 is 5.97 Å². The SMILES string of the molecule is CCCCCCCCCC=CC(=O)OCCCCCCCCCCC. The standard InChI is InChI=1S/C23H44O2/c1-3-5-7-9-11-13-15-17-19-21-23(24)25-22-20-18-16-14-12-10-8-6-4-2/h19,21H,3-18,20,22H2,1-2H3. The van der Waals surface area contributed by atoms with E-state index in [1.165, 1.54) is 96.3 Å². The lowest BCUT2D eigenvalue weighted by Gasteiger charge is -2.03. The molecule has 0 spiro atoms. The lowest BCUT2D eigenvalue weighted by molar-refractivity contribution is -0.137. The Morgan fingerprint density at radius 1 is 0.640 bits per heavy atom. The number of esters is 1. The van der Waals surface area contributed by atoms with Gasteiger partial charge in [0.1, 0.15) is 0 Å². The van der Waals surface area contributed by atoms with Crippen molar-refractivity contribution in [3.63, 3.8) is 0 Å². The lowest BCUT2D eigenvalue weighted by atomic mass is 10.1. The van der Waals surface area contributed by atoms with Gasteiger partial charge in [0.2, 0.25) is 0 Å². The zero-order valence-corrected chi connectivity index (χ0v) is 17.2. The van der Waals surface area contributed by atoms with Crippen molar-refractivity contribution >= 4 is 5.97 Å². The Morgan fingerprint density at radius 2 is 1.08 bits per heavy atom. The minimum Gasteiger partial charge on any atom is -0.463 e. The van der Waals surface area contributed by atoms with Crippen LogP contribution in [-0.4, -0.2) is 12.6 Å². The van der Waals surface area contributed by atoms with Gasteiger partial charge in [0.15, 0.2) is 0 Å². The second-order valence-corrected chi connectivity index (χ2v) is 7.31. The Bertz CT molecular complexity index is 296. The molecule has 148 valence electrons. The van der Waals surface area contributed by atoms with Gasteiger partial charge in [-0.1, -0.05) is 110 Å². The van der Waals surface area contributed by atoms with Gasteiger partial charge < -0.3 is 4.74 Å². The normalized spacial score (nSPS) is 11.3. The van der Waals surface area contributed by atoms with Gasteiger partial charge in [0, 0.05) is 6.08 Å². The summed E-state index contributed by atoms with van der Waals surface area (Å²) in [4.78, 5) is 11.6. The molecular weight excluding hydrogens is 308 g/mol. The molecule has 2 heteroatoms. The van der Waals surface area contributed by atoms with E-state index in [9.17, 15) is 4.79 Å². The molecule has 0 heterocycles. The van der Waals surface area contributed by atoms with Crippen molar-refractivity contribution in [1.29, 1.82) is 0 Å². The minimum absolute atomic E-state index is 0.164. The number of hydrogen-bond acceptors (Lipinski definition) is 2. The molecule has 0 amide bonds. The van der Waals surface area contributed by atoms with Crippen LogP contribution in [0, 0.1) is 0 Å². The summed E-state index contributed by atoms with van der Waals surface area (Å²) in [6.45, 7) is 5.09. The third-order valence-electron chi connectivity index (χ3n) is 4.72. The molecular formula is C23H44O2. The second-order valence-electron chi connectivity index (χ2n) is 7.31. The molecule has 0 aliphatic carbocycles. The van der Waals surface area contributed by atoms with Crippen LogP contribution in [0.4, 0.5) is 0 Å². The first-order valence-corrected chi connectivity index (χ1v) is 11.1. The summed E-state index contributed by atoms with van der Waals surface area (Å²) in [6, 6.07) is 0. The first-order valence-electron chi connectivity index (χ1n) is 11.1. The molecule has 0 rings (SSSR count). The van der Waals surface area contributed by atoms with Crippen LogP contribution in [0.25, 0.3) is 0 Å². The number of rotatable bonds is 19. The third-order valence-corrected chi connectivity index (χ3v) is 4.72. The van der Waals surface area contributed by atoms with Crippen LogP contribution in [-0.2, 0) is 9.53 Å². The predicted molar refractivity (Wildman–Crippen MR) is 110 cm³/mol. The number of hydrogen-bond donors (Lipinski definition) is 0. The highest BCUT2D eigenvalue weighted by Crippen LogP contribution is 2.10. The highest BCUT2D eigenvalue weighted by atomic mass is 16.5. The summed E-state index contributed by atoms with van der Waals surface area (Å²) in [5.74, 6) is -0.164. The summed E-state index contributed by atoms with van der Waals surface area (Å²) >= 11 is 0. The molecule has 0 unspecified atom stereocenters. The fraction of sp³-hybridized carbons (Fsp3) is 0.870. The first-order chi connectivity index (χ1) is 12.3. The molecule has 2 nitrogen and oxygen atoms in total. The Morgan fingerprint density at radius 3 is 1.60 bits per heavy atom. The molecule has 0 saturated carbocycles. The van der Waals surface area contributed by atoms with E-state index in [0.717, 1.165) is 12.8 Å². The summed E-state index contributed by atoms with van der Waals surface area (Å²) in [5.41, 5.74) is 0. The van der Waals surface area contributed by atoms with Crippen LogP contribution in [0.1, 0.15) is 123 Å². The Hall–Kier alpha value is -0.790. The van der Waals surface area contributed by atoms with Gasteiger partial charge in [-0.3, -0.25) is 0 Å². The molecule has 0 N–H and O–H groups in total. The quantitative estimate of drug-likeness (QED) is 0.135. The highest BCUT2D eigenvalue weighted by molar-refractivity contribution is 5.81. The molecule has 0 fully saturated rings. The molecule has 25 heavy (non-hydrogen) atoms. The third kappa shape index (κ3) is 21.2. The van der Waals surface area contributed by atoms with Crippen LogP contribution >= 0.6 is 0 Å². The van der Waals surface area contributed by atoms with Crippen molar-refractivity contribution in [3.05, 3.63) is 12.2 Å². The van der Waals surface area contributed by atoms with Crippen LogP contribution in [0.5, 0.6) is 0 Å². The molecule has 0 aromatic carbocycles. The van der Waals surface area contributed by atoms with E-state index < -0.39 is 0 Å². The summed E-state index contributed by atoms with van der Waals surface area (Å²) in [7, 11) is 0. The van der Waals surface area contributed by atoms with Crippen molar-refractivity contribution in [3.8, 4) is 0 Å². The smallest absolute Gasteiger partial charge is 0.330 e. The lowest BCUT2D eigenvalue weighted by Crippen LogP contribution is -2.02. The van der Waals surface area contributed by atoms with Crippen LogP contribution in [0.15, 0.2) is 12.2 Å². The van der Waals surface area contributed by atoms with Gasteiger partial charge in [-0.2, -0.15) is 0 Å². The van der Waals surface area contributed by atoms with Crippen molar-refractivity contribution in [1.82, 2.24) is 0 Å². The summed E-state index contributed by atoms with van der Waals surface area (Å²) in [6.07, 6.45) is 25.4. The van der Waals surface area contributed by atoms with Gasteiger partial charge in [-0.25, -0.2) is 4.79 Å². The average Bonchev–Trinajstić information content (AvgIpc) is 2.62. The molecule has 0 aromatic rings. The van der Waals surface area contributed by atoms with Crippen LogP contribution in [0.3, 0.4) is 0 Å². The van der Waals surface area contributed by atoms with E-state index in [0.29, 0.717) is 6.61 Å². The molecule has 0 saturated heterocycles. The fourth-order valence-electron chi connectivity index (χ4n) is 3.03. The zero-order valence-electron chi connectivity index (χ0n) is 17.2. The van der Waals surface area contributed by atoms with E-state index >= 15 is 0 Å². The van der Waals surface area contributed by atoms with E-state index in [1.807, 2.05) is 6.08 Å². The van der Waals surface area contributed by atoms with Crippen LogP contribution in [0.2, 0.25) is 0 Å². The average molecular weight is 353 g/mol.